The molecule has 3 nitrogen and oxygen atoms in total. The van der Waals surface area contributed by atoms with Crippen molar-refractivity contribution in [1.29, 1.82) is 0 Å². The molecule has 0 aliphatic carbocycles. The first kappa shape index (κ1) is 15.6. The first-order chi connectivity index (χ1) is 8.70. The largest absolute Gasteiger partial charge is 0.382 e. The molecule has 0 fully saturated rings. The molecule has 18 heavy (non-hydrogen) atoms. The highest BCUT2D eigenvalue weighted by molar-refractivity contribution is 9.10. The van der Waals surface area contributed by atoms with Crippen LogP contribution in [0.5, 0.6) is 0 Å². The summed E-state index contributed by atoms with van der Waals surface area (Å²) in [4.78, 5) is 0. The van der Waals surface area contributed by atoms with Crippen LogP contribution in [0.1, 0.15) is 18.0 Å². The molecule has 0 aromatic heterocycles. The van der Waals surface area contributed by atoms with E-state index in [2.05, 4.69) is 21.2 Å². The Bertz CT molecular complexity index is 363. The average molecular weight is 320 g/mol. The predicted molar refractivity (Wildman–Crippen MR) is 73.2 cm³/mol. The fourth-order valence-corrected chi connectivity index (χ4v) is 2.07. The van der Waals surface area contributed by atoms with Gasteiger partial charge in [-0.1, -0.05) is 12.1 Å². The van der Waals surface area contributed by atoms with Crippen LogP contribution in [0.2, 0.25) is 0 Å². The zero-order valence-corrected chi connectivity index (χ0v) is 12.3. The van der Waals surface area contributed by atoms with Crippen molar-refractivity contribution in [2.24, 2.45) is 0 Å². The van der Waals surface area contributed by atoms with E-state index in [-0.39, 0.29) is 11.9 Å². The molecule has 0 aliphatic heterocycles. The third-order valence-electron chi connectivity index (χ3n) is 2.69. The Morgan fingerprint density at radius 3 is 2.78 bits per heavy atom. The van der Waals surface area contributed by atoms with E-state index in [1.54, 1.807) is 19.2 Å². The SMILES string of the molecule is CNC(CCOCCOC)c1cccc(Br)c1F. The average Bonchev–Trinajstić information content (AvgIpc) is 2.38. The van der Waals surface area contributed by atoms with Crippen LogP contribution in [0, 0.1) is 5.82 Å². The van der Waals surface area contributed by atoms with Crippen molar-refractivity contribution in [2.75, 3.05) is 34.0 Å². The minimum Gasteiger partial charge on any atom is -0.382 e. The van der Waals surface area contributed by atoms with Gasteiger partial charge in [0.15, 0.2) is 0 Å². The van der Waals surface area contributed by atoms with Crippen molar-refractivity contribution < 1.29 is 13.9 Å². The summed E-state index contributed by atoms with van der Waals surface area (Å²) in [6, 6.07) is 5.26. The van der Waals surface area contributed by atoms with E-state index in [1.165, 1.54) is 0 Å². The van der Waals surface area contributed by atoms with Crippen LogP contribution in [0.3, 0.4) is 0 Å². The van der Waals surface area contributed by atoms with Gasteiger partial charge in [0.25, 0.3) is 0 Å². The number of hydrogen-bond acceptors (Lipinski definition) is 3. The molecule has 1 rings (SSSR count). The van der Waals surface area contributed by atoms with Gasteiger partial charge in [0.1, 0.15) is 5.82 Å². The molecule has 0 radical (unpaired) electrons. The van der Waals surface area contributed by atoms with E-state index in [4.69, 9.17) is 9.47 Å². The molecule has 1 N–H and O–H groups in total. The number of halogens is 2. The third kappa shape index (κ3) is 4.65. The van der Waals surface area contributed by atoms with Crippen molar-refractivity contribution in [3.63, 3.8) is 0 Å². The van der Waals surface area contributed by atoms with Gasteiger partial charge in [-0.3, -0.25) is 0 Å². The number of benzene rings is 1. The number of hydrogen-bond donors (Lipinski definition) is 1. The van der Waals surface area contributed by atoms with Crippen molar-refractivity contribution in [2.45, 2.75) is 12.5 Å². The Morgan fingerprint density at radius 2 is 2.11 bits per heavy atom. The fourth-order valence-electron chi connectivity index (χ4n) is 1.69. The highest BCUT2D eigenvalue weighted by Gasteiger charge is 2.15. The van der Waals surface area contributed by atoms with E-state index in [0.717, 1.165) is 0 Å². The minimum absolute atomic E-state index is 0.0509. The maximum atomic E-state index is 13.9. The molecule has 5 heteroatoms. The van der Waals surface area contributed by atoms with Crippen LogP contribution in [0.25, 0.3) is 0 Å². The summed E-state index contributed by atoms with van der Waals surface area (Å²) in [6.07, 6.45) is 0.716. The zero-order valence-electron chi connectivity index (χ0n) is 10.7. The first-order valence-electron chi connectivity index (χ1n) is 5.88. The Kier molecular flexibility index (Phi) is 7.42. The second-order valence-electron chi connectivity index (χ2n) is 3.88. The second kappa shape index (κ2) is 8.58. The summed E-state index contributed by atoms with van der Waals surface area (Å²) < 4.78 is 24.7. The highest BCUT2D eigenvalue weighted by Crippen LogP contribution is 2.25. The smallest absolute Gasteiger partial charge is 0.142 e. The molecule has 0 heterocycles. The lowest BCUT2D eigenvalue weighted by Gasteiger charge is -2.17. The summed E-state index contributed by atoms with van der Waals surface area (Å²) in [5.74, 6) is -0.214. The first-order valence-corrected chi connectivity index (χ1v) is 6.67. The lowest BCUT2D eigenvalue weighted by Crippen LogP contribution is -2.20. The van der Waals surface area contributed by atoms with Gasteiger partial charge in [-0.25, -0.2) is 4.39 Å². The molecule has 0 bridgehead atoms. The maximum Gasteiger partial charge on any atom is 0.142 e. The van der Waals surface area contributed by atoms with E-state index in [9.17, 15) is 4.39 Å². The lowest BCUT2D eigenvalue weighted by atomic mass is 10.0. The molecule has 1 unspecified atom stereocenters. The zero-order chi connectivity index (χ0) is 13.4. The van der Waals surface area contributed by atoms with Crippen LogP contribution in [0.4, 0.5) is 4.39 Å². The summed E-state index contributed by atoms with van der Waals surface area (Å²) in [6.45, 7) is 1.71. The van der Waals surface area contributed by atoms with Gasteiger partial charge >= 0.3 is 0 Å². The Balaban J connectivity index is 2.52. The number of nitrogens with one attached hydrogen (secondary N) is 1. The Morgan fingerprint density at radius 1 is 1.33 bits per heavy atom. The van der Waals surface area contributed by atoms with Crippen LogP contribution in [0.15, 0.2) is 22.7 Å². The molecule has 102 valence electrons. The van der Waals surface area contributed by atoms with Gasteiger partial charge < -0.3 is 14.8 Å². The number of methoxy groups -OCH3 is 1. The quantitative estimate of drug-likeness (QED) is 0.747. The van der Waals surface area contributed by atoms with Gasteiger partial charge in [0, 0.05) is 25.3 Å². The topological polar surface area (TPSA) is 30.5 Å². The summed E-state index contributed by atoms with van der Waals surface area (Å²) in [5, 5.41) is 3.11. The van der Waals surface area contributed by atoms with Gasteiger partial charge in [-0.2, -0.15) is 0 Å². The molecule has 1 aromatic carbocycles. The number of ether oxygens (including phenoxy) is 2. The summed E-state index contributed by atoms with van der Waals surface area (Å²) in [5.41, 5.74) is 0.655. The summed E-state index contributed by atoms with van der Waals surface area (Å²) >= 11 is 3.20. The minimum atomic E-state index is -0.214. The van der Waals surface area contributed by atoms with E-state index in [1.807, 2.05) is 13.1 Å². The van der Waals surface area contributed by atoms with Crippen LogP contribution in [-0.4, -0.2) is 34.0 Å². The summed E-state index contributed by atoms with van der Waals surface area (Å²) in [7, 11) is 3.46. The Hall–Kier alpha value is -0.490. The van der Waals surface area contributed by atoms with E-state index >= 15 is 0 Å². The molecule has 0 aliphatic rings. The van der Waals surface area contributed by atoms with Crippen LogP contribution in [-0.2, 0) is 9.47 Å². The molecule has 0 saturated heterocycles. The second-order valence-corrected chi connectivity index (χ2v) is 4.73. The van der Waals surface area contributed by atoms with E-state index in [0.29, 0.717) is 36.3 Å². The van der Waals surface area contributed by atoms with Gasteiger partial charge in [-0.05, 0) is 35.5 Å². The standard InChI is InChI=1S/C13H19BrFNO2/c1-16-12(6-7-18-9-8-17-2)10-4-3-5-11(14)13(10)15/h3-5,12,16H,6-9H2,1-2H3. The van der Waals surface area contributed by atoms with Crippen molar-refractivity contribution in [3.8, 4) is 0 Å². The number of rotatable bonds is 8. The third-order valence-corrected chi connectivity index (χ3v) is 3.30. The normalized spacial score (nSPS) is 12.7. The maximum absolute atomic E-state index is 13.9. The monoisotopic (exact) mass is 319 g/mol. The molecular formula is C13H19BrFNO2. The molecule has 0 amide bonds. The highest BCUT2D eigenvalue weighted by atomic mass is 79.9. The van der Waals surface area contributed by atoms with Crippen molar-refractivity contribution in [1.82, 2.24) is 5.32 Å². The van der Waals surface area contributed by atoms with Crippen molar-refractivity contribution in [3.05, 3.63) is 34.1 Å². The van der Waals surface area contributed by atoms with Crippen LogP contribution >= 0.6 is 15.9 Å². The van der Waals surface area contributed by atoms with E-state index < -0.39 is 0 Å². The van der Waals surface area contributed by atoms with Crippen LogP contribution < -0.4 is 5.32 Å². The molecule has 0 spiro atoms. The fraction of sp³-hybridized carbons (Fsp3) is 0.538. The van der Waals surface area contributed by atoms with Gasteiger partial charge in [0.2, 0.25) is 0 Å². The molecule has 1 aromatic rings. The Labute approximate surface area is 116 Å². The predicted octanol–water partition coefficient (Wildman–Crippen LogP) is 2.90. The molecule has 1 atom stereocenters. The van der Waals surface area contributed by atoms with Gasteiger partial charge in [0.05, 0.1) is 17.7 Å². The lowest BCUT2D eigenvalue weighted by molar-refractivity contribution is 0.0659. The molecular weight excluding hydrogens is 301 g/mol. The molecule has 0 saturated carbocycles. The van der Waals surface area contributed by atoms with Crippen molar-refractivity contribution >= 4 is 15.9 Å². The van der Waals surface area contributed by atoms with Gasteiger partial charge in [-0.15, -0.1) is 0 Å².